The lowest BCUT2D eigenvalue weighted by Crippen LogP contribution is -1.93. The SMILES string of the molecule is Nc1ccc(-c2ccccc2[N+](=O)[O-])c2c1oc1ccccc12. The maximum atomic E-state index is 11.4. The van der Waals surface area contributed by atoms with Gasteiger partial charge in [0.15, 0.2) is 5.58 Å². The van der Waals surface area contributed by atoms with Gasteiger partial charge in [0.25, 0.3) is 5.69 Å². The summed E-state index contributed by atoms with van der Waals surface area (Å²) in [7, 11) is 0. The number of hydrogen-bond donors (Lipinski definition) is 1. The predicted molar refractivity (Wildman–Crippen MR) is 90.2 cm³/mol. The summed E-state index contributed by atoms with van der Waals surface area (Å²) < 4.78 is 5.85. The number of nitrogens with two attached hydrogens (primary N) is 1. The highest BCUT2D eigenvalue weighted by atomic mass is 16.6. The first-order valence-corrected chi connectivity index (χ1v) is 7.10. The summed E-state index contributed by atoms with van der Waals surface area (Å²) in [5.41, 5.74) is 9.17. The number of nitro groups is 1. The van der Waals surface area contributed by atoms with E-state index in [4.69, 9.17) is 10.2 Å². The van der Waals surface area contributed by atoms with Crippen molar-refractivity contribution in [2.45, 2.75) is 0 Å². The molecule has 1 aromatic heterocycles. The van der Waals surface area contributed by atoms with Crippen LogP contribution in [-0.2, 0) is 0 Å². The first-order valence-electron chi connectivity index (χ1n) is 7.10. The second-order valence-corrected chi connectivity index (χ2v) is 5.28. The number of benzene rings is 3. The van der Waals surface area contributed by atoms with Crippen LogP contribution in [0.1, 0.15) is 0 Å². The van der Waals surface area contributed by atoms with E-state index in [9.17, 15) is 10.1 Å². The van der Waals surface area contributed by atoms with Gasteiger partial charge < -0.3 is 10.2 Å². The van der Waals surface area contributed by atoms with Gasteiger partial charge in [0.1, 0.15) is 5.58 Å². The second-order valence-electron chi connectivity index (χ2n) is 5.28. The van der Waals surface area contributed by atoms with Crippen molar-refractivity contribution in [2.24, 2.45) is 0 Å². The smallest absolute Gasteiger partial charge is 0.277 e. The number of fused-ring (bicyclic) bond motifs is 3. The van der Waals surface area contributed by atoms with E-state index in [2.05, 4.69) is 0 Å². The normalized spacial score (nSPS) is 11.1. The lowest BCUT2D eigenvalue weighted by Gasteiger charge is -2.06. The molecule has 0 amide bonds. The molecule has 5 heteroatoms. The van der Waals surface area contributed by atoms with Crippen LogP contribution in [-0.4, -0.2) is 4.92 Å². The number of furan rings is 1. The second kappa shape index (κ2) is 4.84. The summed E-state index contributed by atoms with van der Waals surface area (Å²) in [4.78, 5) is 11.0. The van der Waals surface area contributed by atoms with Crippen LogP contribution in [0.2, 0.25) is 0 Å². The number of nitro benzene ring substituents is 1. The predicted octanol–water partition coefficient (Wildman–Crippen LogP) is 4.74. The summed E-state index contributed by atoms with van der Waals surface area (Å²) in [5.74, 6) is 0. The number of nitrogen functional groups attached to an aromatic ring is 1. The Kier molecular flexibility index (Phi) is 2.81. The molecule has 23 heavy (non-hydrogen) atoms. The Labute approximate surface area is 131 Å². The van der Waals surface area contributed by atoms with Gasteiger partial charge in [-0.25, -0.2) is 0 Å². The molecule has 0 saturated heterocycles. The fourth-order valence-corrected chi connectivity index (χ4v) is 2.93. The van der Waals surface area contributed by atoms with Gasteiger partial charge in [0.2, 0.25) is 0 Å². The van der Waals surface area contributed by atoms with E-state index in [0.29, 0.717) is 22.4 Å². The maximum Gasteiger partial charge on any atom is 0.277 e. The van der Waals surface area contributed by atoms with Crippen molar-refractivity contribution >= 4 is 33.3 Å². The molecule has 0 aliphatic heterocycles. The average molecular weight is 304 g/mol. The average Bonchev–Trinajstić information content (AvgIpc) is 2.96. The quantitative estimate of drug-likeness (QED) is 0.329. The van der Waals surface area contributed by atoms with Crippen LogP contribution in [0.5, 0.6) is 0 Å². The van der Waals surface area contributed by atoms with Crippen LogP contribution in [0.3, 0.4) is 0 Å². The van der Waals surface area contributed by atoms with E-state index in [-0.39, 0.29) is 10.6 Å². The summed E-state index contributed by atoms with van der Waals surface area (Å²) in [6.45, 7) is 0. The van der Waals surface area contributed by atoms with E-state index in [0.717, 1.165) is 16.3 Å². The Morgan fingerprint density at radius 2 is 1.65 bits per heavy atom. The van der Waals surface area contributed by atoms with E-state index in [1.54, 1.807) is 24.3 Å². The highest BCUT2D eigenvalue weighted by Crippen LogP contribution is 2.41. The van der Waals surface area contributed by atoms with Crippen LogP contribution in [0, 0.1) is 10.1 Å². The van der Waals surface area contributed by atoms with Crippen LogP contribution in [0.25, 0.3) is 33.1 Å². The lowest BCUT2D eigenvalue weighted by atomic mass is 9.97. The van der Waals surface area contributed by atoms with Crippen molar-refractivity contribution < 1.29 is 9.34 Å². The topological polar surface area (TPSA) is 82.3 Å². The first-order chi connectivity index (χ1) is 11.2. The van der Waals surface area contributed by atoms with Gasteiger partial charge >= 0.3 is 0 Å². The molecule has 0 unspecified atom stereocenters. The molecule has 1 heterocycles. The molecule has 0 bridgehead atoms. The largest absolute Gasteiger partial charge is 0.454 e. The number of para-hydroxylation sites is 2. The Balaban J connectivity index is 2.17. The van der Waals surface area contributed by atoms with Crippen LogP contribution < -0.4 is 5.73 Å². The molecule has 5 nitrogen and oxygen atoms in total. The molecule has 0 aliphatic rings. The van der Waals surface area contributed by atoms with Gasteiger partial charge in [-0.05, 0) is 18.2 Å². The molecule has 0 fully saturated rings. The Morgan fingerprint density at radius 3 is 2.48 bits per heavy atom. The summed E-state index contributed by atoms with van der Waals surface area (Å²) in [6, 6.07) is 17.8. The zero-order chi connectivity index (χ0) is 16.0. The maximum absolute atomic E-state index is 11.4. The minimum Gasteiger partial charge on any atom is -0.454 e. The van der Waals surface area contributed by atoms with Crippen LogP contribution in [0.15, 0.2) is 65.1 Å². The van der Waals surface area contributed by atoms with Gasteiger partial charge in [-0.15, -0.1) is 0 Å². The number of nitrogens with zero attached hydrogens (tertiary/aromatic N) is 1. The first kappa shape index (κ1) is 13.3. The zero-order valence-electron chi connectivity index (χ0n) is 12.0. The van der Waals surface area contributed by atoms with Gasteiger partial charge in [-0.2, -0.15) is 0 Å². The van der Waals surface area contributed by atoms with Gasteiger partial charge in [-0.3, -0.25) is 10.1 Å². The van der Waals surface area contributed by atoms with Crippen molar-refractivity contribution in [3.05, 3.63) is 70.8 Å². The molecule has 0 aliphatic carbocycles. The Hall–Kier alpha value is -3.34. The lowest BCUT2D eigenvalue weighted by molar-refractivity contribution is -0.384. The van der Waals surface area contributed by atoms with Crippen molar-refractivity contribution in [1.82, 2.24) is 0 Å². The van der Waals surface area contributed by atoms with Crippen molar-refractivity contribution in [1.29, 1.82) is 0 Å². The van der Waals surface area contributed by atoms with Gasteiger partial charge in [0.05, 0.1) is 16.2 Å². The summed E-state index contributed by atoms with van der Waals surface area (Å²) >= 11 is 0. The molecule has 0 saturated carbocycles. The number of rotatable bonds is 2. The molecule has 0 radical (unpaired) electrons. The van der Waals surface area contributed by atoms with Crippen molar-refractivity contribution in [2.75, 3.05) is 5.73 Å². The third kappa shape index (κ3) is 1.94. The molecule has 0 spiro atoms. The Morgan fingerprint density at radius 1 is 0.913 bits per heavy atom. The highest BCUT2D eigenvalue weighted by Gasteiger charge is 2.20. The molecule has 2 N–H and O–H groups in total. The minimum atomic E-state index is -0.375. The molecule has 3 aromatic carbocycles. The monoisotopic (exact) mass is 304 g/mol. The van der Waals surface area contributed by atoms with E-state index in [1.165, 1.54) is 6.07 Å². The van der Waals surface area contributed by atoms with Gasteiger partial charge in [-0.1, -0.05) is 36.4 Å². The standard InChI is InChI=1S/C18H12N2O3/c19-14-10-9-12(11-5-1-3-7-15(11)20(21)22)17-13-6-2-4-8-16(13)23-18(14)17/h1-10H,19H2. The summed E-state index contributed by atoms with van der Waals surface area (Å²) in [6.07, 6.45) is 0. The minimum absolute atomic E-state index is 0.0591. The molecule has 112 valence electrons. The number of hydrogen-bond acceptors (Lipinski definition) is 4. The summed E-state index contributed by atoms with van der Waals surface area (Å²) in [5, 5.41) is 13.0. The van der Waals surface area contributed by atoms with E-state index < -0.39 is 0 Å². The third-order valence-electron chi connectivity index (χ3n) is 3.95. The molecule has 0 atom stereocenters. The van der Waals surface area contributed by atoms with Gasteiger partial charge in [0, 0.05) is 22.4 Å². The third-order valence-corrected chi connectivity index (χ3v) is 3.95. The molecular weight excluding hydrogens is 292 g/mol. The molecule has 4 rings (SSSR count). The fraction of sp³-hybridized carbons (Fsp3) is 0. The molecular formula is C18H12N2O3. The number of anilines is 1. The highest BCUT2D eigenvalue weighted by molar-refractivity contribution is 6.16. The van der Waals surface area contributed by atoms with Crippen molar-refractivity contribution in [3.8, 4) is 11.1 Å². The Bertz CT molecular complexity index is 1070. The zero-order valence-corrected chi connectivity index (χ0v) is 12.0. The van der Waals surface area contributed by atoms with E-state index >= 15 is 0 Å². The molecule has 4 aromatic rings. The van der Waals surface area contributed by atoms with E-state index in [1.807, 2.05) is 30.3 Å². The van der Waals surface area contributed by atoms with Crippen LogP contribution in [0.4, 0.5) is 11.4 Å². The van der Waals surface area contributed by atoms with Crippen LogP contribution >= 0.6 is 0 Å². The fourth-order valence-electron chi connectivity index (χ4n) is 2.93. The van der Waals surface area contributed by atoms with Crippen molar-refractivity contribution in [3.63, 3.8) is 0 Å².